The minimum absolute atomic E-state index is 0. The van der Waals surface area contributed by atoms with Crippen molar-refractivity contribution in [3.8, 4) is 0 Å². The van der Waals surface area contributed by atoms with Gasteiger partial charge in [-0.1, -0.05) is 48.6 Å². The molecule has 2 aromatic heterocycles. The summed E-state index contributed by atoms with van der Waals surface area (Å²) in [5.41, 5.74) is 4.10. The fourth-order valence-corrected chi connectivity index (χ4v) is 3.21. The van der Waals surface area contributed by atoms with E-state index in [-0.39, 0.29) is 29.6 Å². The molecule has 0 saturated carbocycles. The molecule has 0 aliphatic carbocycles. The molecular weight excluding hydrogens is 463 g/mol. The van der Waals surface area contributed by atoms with Gasteiger partial charge in [0, 0.05) is 23.8 Å². The van der Waals surface area contributed by atoms with Crippen LogP contribution in [0.2, 0.25) is 0 Å². The largest absolute Gasteiger partial charge is 1.00 e. The Morgan fingerprint density at radius 1 is 0.781 bits per heavy atom. The van der Waals surface area contributed by atoms with Gasteiger partial charge in [0.05, 0.1) is 11.4 Å². The summed E-state index contributed by atoms with van der Waals surface area (Å²) in [7, 11) is 0. The zero-order valence-corrected chi connectivity index (χ0v) is 22.9. The second-order valence-electron chi connectivity index (χ2n) is 5.96. The van der Waals surface area contributed by atoms with Crippen molar-refractivity contribution in [1.29, 1.82) is 0 Å². The maximum Gasteiger partial charge on any atom is 1.00 e. The summed E-state index contributed by atoms with van der Waals surface area (Å²) in [6.07, 6.45) is 7.24. The molecule has 0 saturated heterocycles. The number of H-pyrrole nitrogens is 1. The summed E-state index contributed by atoms with van der Waals surface area (Å²) in [6.45, 7) is 0. The predicted molar refractivity (Wildman–Crippen MR) is 140 cm³/mol. The third-order valence-corrected chi connectivity index (χ3v) is 4.94. The summed E-state index contributed by atoms with van der Waals surface area (Å²) >= 11 is 10.9. The van der Waals surface area contributed by atoms with Crippen LogP contribution in [0.4, 0.5) is 22.7 Å². The Morgan fingerprint density at radius 2 is 1.31 bits per heavy atom. The average molecular weight is 489 g/mol. The van der Waals surface area contributed by atoms with Crippen LogP contribution in [0.3, 0.4) is 0 Å². The number of anilines is 4. The SMILES string of the molecule is CSc1ncccc1Nc1ccccc1.C[S-].S=c1[nH]cccc1Nc1ccccc1.[Na+]. The molecule has 4 aromatic rings. The molecule has 160 valence electrons. The summed E-state index contributed by atoms with van der Waals surface area (Å²) in [5.74, 6) is 0. The summed E-state index contributed by atoms with van der Waals surface area (Å²) in [6, 6.07) is 27.9. The first kappa shape index (κ1) is 28.3. The van der Waals surface area contributed by atoms with Gasteiger partial charge in [-0.2, -0.15) is 6.26 Å². The van der Waals surface area contributed by atoms with Gasteiger partial charge >= 0.3 is 29.6 Å². The van der Waals surface area contributed by atoms with Gasteiger partial charge in [-0.15, -0.1) is 11.8 Å². The number of thioether (sulfide) groups is 1. The Morgan fingerprint density at radius 3 is 1.84 bits per heavy atom. The van der Waals surface area contributed by atoms with E-state index in [4.69, 9.17) is 12.2 Å². The fourth-order valence-electron chi connectivity index (χ4n) is 2.52. The third-order valence-electron chi connectivity index (χ3n) is 3.89. The van der Waals surface area contributed by atoms with Crippen molar-refractivity contribution in [3.63, 3.8) is 0 Å². The zero-order chi connectivity index (χ0) is 22.3. The van der Waals surface area contributed by atoms with E-state index >= 15 is 0 Å². The number of hydrogen-bond acceptors (Lipinski definition) is 6. The molecule has 0 amide bonds. The minimum Gasteiger partial charge on any atom is -0.796 e. The van der Waals surface area contributed by atoms with Crippen LogP contribution in [0.5, 0.6) is 0 Å². The number of hydrogen-bond donors (Lipinski definition) is 3. The number of para-hydroxylation sites is 2. The van der Waals surface area contributed by atoms with Crippen LogP contribution in [-0.2, 0) is 12.6 Å². The molecule has 0 aliphatic rings. The van der Waals surface area contributed by atoms with Crippen LogP contribution in [0.1, 0.15) is 0 Å². The van der Waals surface area contributed by atoms with E-state index in [1.54, 1.807) is 18.0 Å². The van der Waals surface area contributed by atoms with Crippen LogP contribution >= 0.6 is 24.0 Å². The molecule has 0 unspecified atom stereocenters. The maximum absolute atomic E-state index is 5.13. The quantitative estimate of drug-likeness (QED) is 0.169. The van der Waals surface area contributed by atoms with Gasteiger partial charge in [-0.25, -0.2) is 4.98 Å². The monoisotopic (exact) mass is 488 g/mol. The second kappa shape index (κ2) is 16.8. The number of pyridine rings is 2. The number of nitrogens with zero attached hydrogens (tertiary/aromatic N) is 1. The van der Waals surface area contributed by atoms with Crippen molar-refractivity contribution < 1.29 is 29.6 Å². The Hall–Kier alpha value is -1.74. The van der Waals surface area contributed by atoms with Gasteiger partial charge in [0.15, 0.2) is 0 Å². The molecule has 0 radical (unpaired) electrons. The molecule has 0 fully saturated rings. The number of nitrogens with one attached hydrogen (secondary N) is 3. The van der Waals surface area contributed by atoms with Crippen LogP contribution < -0.4 is 40.2 Å². The number of aromatic nitrogens is 2. The van der Waals surface area contributed by atoms with E-state index in [1.165, 1.54) is 0 Å². The normalized spacial score (nSPS) is 9.09. The number of benzene rings is 2. The standard InChI is InChI=1S/C12H12N2S.C11H10N2S.CH4S.Na/c1-15-12-11(8-5-9-13-12)14-10-6-3-2-4-7-10;14-11-10(7-4-8-12-11)13-9-5-2-1-3-6-9;1-2;/h2-9,14H,1H3;1-8,13H,(H,12,14);2H,1H3;/q;;;+1/p-1. The van der Waals surface area contributed by atoms with Gasteiger partial charge in [-0.3, -0.25) is 0 Å². The van der Waals surface area contributed by atoms with Gasteiger partial charge in [-0.05, 0) is 54.8 Å². The molecule has 4 nitrogen and oxygen atoms in total. The summed E-state index contributed by atoms with van der Waals surface area (Å²) < 4.78 is 0.719. The fraction of sp³-hybridized carbons (Fsp3) is 0.0833. The topological polar surface area (TPSA) is 52.7 Å². The Labute approximate surface area is 227 Å². The van der Waals surface area contributed by atoms with E-state index in [9.17, 15) is 0 Å². The first-order valence-corrected chi connectivity index (χ1v) is 11.9. The molecule has 32 heavy (non-hydrogen) atoms. The van der Waals surface area contributed by atoms with E-state index in [1.807, 2.05) is 104 Å². The van der Waals surface area contributed by atoms with Crippen molar-refractivity contribution in [1.82, 2.24) is 9.97 Å². The van der Waals surface area contributed by atoms with Crippen molar-refractivity contribution >= 4 is 59.4 Å². The zero-order valence-electron chi connectivity index (χ0n) is 18.4. The molecule has 0 aliphatic heterocycles. The Kier molecular flexibility index (Phi) is 14.9. The van der Waals surface area contributed by atoms with Crippen molar-refractivity contribution in [2.24, 2.45) is 0 Å². The third kappa shape index (κ3) is 9.81. The Bertz CT molecular complexity index is 1080. The molecule has 8 heteroatoms. The molecular formula is C24H25N4NaS3. The van der Waals surface area contributed by atoms with Crippen molar-refractivity contribution in [2.45, 2.75) is 5.03 Å². The first-order chi connectivity index (χ1) is 15.3. The van der Waals surface area contributed by atoms with E-state index in [2.05, 4.69) is 33.2 Å². The van der Waals surface area contributed by atoms with Crippen molar-refractivity contribution in [2.75, 3.05) is 23.1 Å². The maximum atomic E-state index is 5.13. The van der Waals surface area contributed by atoms with Gasteiger partial charge in [0.1, 0.15) is 9.67 Å². The number of rotatable bonds is 5. The molecule has 0 atom stereocenters. The predicted octanol–water partition coefficient (Wildman–Crippen LogP) is 4.20. The molecule has 0 spiro atoms. The van der Waals surface area contributed by atoms with Gasteiger partial charge < -0.3 is 28.2 Å². The van der Waals surface area contributed by atoms with Gasteiger partial charge in [0.2, 0.25) is 0 Å². The van der Waals surface area contributed by atoms with E-state index < -0.39 is 0 Å². The van der Waals surface area contributed by atoms with E-state index in [0.717, 1.165) is 32.4 Å². The molecule has 4 rings (SSSR count). The number of aromatic amines is 1. The first-order valence-electron chi connectivity index (χ1n) is 9.48. The summed E-state index contributed by atoms with van der Waals surface area (Å²) in [5, 5.41) is 7.59. The molecule has 2 aromatic carbocycles. The summed E-state index contributed by atoms with van der Waals surface area (Å²) in [4.78, 5) is 7.27. The molecule has 2 heterocycles. The second-order valence-corrected chi connectivity index (χ2v) is 7.16. The smallest absolute Gasteiger partial charge is 0.796 e. The van der Waals surface area contributed by atoms with E-state index in [0.29, 0.717) is 0 Å². The van der Waals surface area contributed by atoms with Crippen LogP contribution in [0, 0.1) is 4.64 Å². The molecule has 3 N–H and O–H groups in total. The average Bonchev–Trinajstić information content (AvgIpc) is 2.84. The van der Waals surface area contributed by atoms with Crippen LogP contribution in [0.25, 0.3) is 0 Å². The minimum atomic E-state index is 0. The molecule has 0 bridgehead atoms. The van der Waals surface area contributed by atoms with Crippen LogP contribution in [0.15, 0.2) is 102 Å². The Balaban J connectivity index is 0.000000289. The van der Waals surface area contributed by atoms with Crippen molar-refractivity contribution in [3.05, 3.63) is 102 Å². The van der Waals surface area contributed by atoms with Gasteiger partial charge in [0.25, 0.3) is 0 Å². The van der Waals surface area contributed by atoms with Crippen LogP contribution in [-0.4, -0.2) is 22.5 Å².